The minimum Gasteiger partial charge on any atom is -0.382 e. The number of rotatable bonds is 5. The topological polar surface area (TPSA) is 64.4 Å². The molecular weight excluding hydrogens is 256 g/mol. The molecule has 0 aromatic heterocycles. The molecule has 1 aliphatic carbocycles. The summed E-state index contributed by atoms with van der Waals surface area (Å²) in [5.74, 6) is 0.792. The molecule has 0 spiro atoms. The Hall–Kier alpha value is -1.62. The van der Waals surface area contributed by atoms with E-state index < -0.39 is 0 Å². The molecule has 20 heavy (non-hydrogen) atoms. The van der Waals surface area contributed by atoms with Crippen molar-refractivity contribution in [3.05, 3.63) is 33.9 Å². The van der Waals surface area contributed by atoms with E-state index in [2.05, 4.69) is 12.2 Å². The van der Waals surface area contributed by atoms with Crippen LogP contribution in [0.3, 0.4) is 0 Å². The molecule has 1 N–H and O–H groups in total. The van der Waals surface area contributed by atoms with Gasteiger partial charge in [0.15, 0.2) is 0 Å². The molecule has 0 aliphatic heterocycles. The number of nitro benzene ring substituents is 1. The van der Waals surface area contributed by atoms with Crippen molar-refractivity contribution in [3.63, 3.8) is 0 Å². The second-order valence-corrected chi connectivity index (χ2v) is 5.51. The summed E-state index contributed by atoms with van der Waals surface area (Å²) in [6, 6.07) is 5.10. The van der Waals surface area contributed by atoms with Gasteiger partial charge in [-0.15, -0.1) is 0 Å². The van der Waals surface area contributed by atoms with E-state index >= 15 is 0 Å². The Labute approximate surface area is 119 Å². The maximum atomic E-state index is 11.0. The van der Waals surface area contributed by atoms with Crippen LogP contribution >= 0.6 is 0 Å². The van der Waals surface area contributed by atoms with E-state index in [-0.39, 0.29) is 16.7 Å². The summed E-state index contributed by atoms with van der Waals surface area (Å²) in [5.41, 5.74) is 1.51. The van der Waals surface area contributed by atoms with Gasteiger partial charge < -0.3 is 10.1 Å². The molecule has 5 nitrogen and oxygen atoms in total. The van der Waals surface area contributed by atoms with Crippen molar-refractivity contribution in [3.8, 4) is 0 Å². The first kappa shape index (κ1) is 14.8. The summed E-state index contributed by atoms with van der Waals surface area (Å²) < 4.78 is 5.93. The SMILES string of the molecule is CNc1c(COC2CCC(C)CC2)cccc1[N+](=O)[O-]. The van der Waals surface area contributed by atoms with Crippen molar-refractivity contribution in [2.75, 3.05) is 12.4 Å². The Morgan fingerprint density at radius 1 is 1.35 bits per heavy atom. The van der Waals surface area contributed by atoms with Gasteiger partial charge >= 0.3 is 0 Å². The van der Waals surface area contributed by atoms with Crippen molar-refractivity contribution in [2.24, 2.45) is 5.92 Å². The van der Waals surface area contributed by atoms with Crippen molar-refractivity contribution in [1.29, 1.82) is 0 Å². The Morgan fingerprint density at radius 3 is 2.65 bits per heavy atom. The van der Waals surface area contributed by atoms with E-state index in [4.69, 9.17) is 4.74 Å². The maximum Gasteiger partial charge on any atom is 0.292 e. The number of nitrogens with zero attached hydrogens (tertiary/aromatic N) is 1. The van der Waals surface area contributed by atoms with Crippen molar-refractivity contribution < 1.29 is 9.66 Å². The molecule has 0 heterocycles. The Kier molecular flexibility index (Phi) is 4.95. The van der Waals surface area contributed by atoms with Crippen LogP contribution in [0.2, 0.25) is 0 Å². The van der Waals surface area contributed by atoms with Crippen LogP contribution in [0, 0.1) is 16.0 Å². The third kappa shape index (κ3) is 3.48. The zero-order valence-electron chi connectivity index (χ0n) is 12.1. The van der Waals surface area contributed by atoms with Gasteiger partial charge in [0, 0.05) is 18.7 Å². The first-order valence-electron chi connectivity index (χ1n) is 7.17. The number of para-hydroxylation sites is 1. The average molecular weight is 278 g/mol. The summed E-state index contributed by atoms with van der Waals surface area (Å²) in [6.45, 7) is 2.70. The molecule has 1 aromatic carbocycles. The molecule has 1 saturated carbocycles. The van der Waals surface area contributed by atoms with Crippen molar-refractivity contribution in [2.45, 2.75) is 45.3 Å². The fourth-order valence-electron chi connectivity index (χ4n) is 2.75. The van der Waals surface area contributed by atoms with Crippen LogP contribution in [-0.4, -0.2) is 18.1 Å². The number of nitrogens with one attached hydrogen (secondary N) is 1. The smallest absolute Gasteiger partial charge is 0.292 e. The minimum atomic E-state index is -0.363. The lowest BCUT2D eigenvalue weighted by Gasteiger charge is -2.26. The maximum absolute atomic E-state index is 11.0. The fraction of sp³-hybridized carbons (Fsp3) is 0.600. The van der Waals surface area contributed by atoms with Gasteiger partial charge in [0.25, 0.3) is 5.69 Å². The van der Waals surface area contributed by atoms with Crippen LogP contribution in [-0.2, 0) is 11.3 Å². The number of ether oxygens (including phenoxy) is 1. The van der Waals surface area contributed by atoms with E-state index in [1.165, 1.54) is 18.9 Å². The predicted octanol–water partition coefficient (Wildman–Crippen LogP) is 3.73. The second-order valence-electron chi connectivity index (χ2n) is 5.51. The predicted molar refractivity (Wildman–Crippen MR) is 78.9 cm³/mol. The molecule has 1 fully saturated rings. The molecule has 0 atom stereocenters. The monoisotopic (exact) mass is 278 g/mol. The molecule has 1 aliphatic rings. The number of nitro groups is 1. The van der Waals surface area contributed by atoms with Gasteiger partial charge in [-0.1, -0.05) is 19.1 Å². The van der Waals surface area contributed by atoms with Gasteiger partial charge in [-0.25, -0.2) is 0 Å². The minimum absolute atomic E-state index is 0.103. The quantitative estimate of drug-likeness (QED) is 0.658. The van der Waals surface area contributed by atoms with Gasteiger partial charge in [0.05, 0.1) is 17.6 Å². The molecule has 2 rings (SSSR count). The number of anilines is 1. The van der Waals surface area contributed by atoms with Gasteiger partial charge in [-0.3, -0.25) is 10.1 Å². The van der Waals surface area contributed by atoms with Crippen LogP contribution in [0.1, 0.15) is 38.2 Å². The van der Waals surface area contributed by atoms with Crippen molar-refractivity contribution >= 4 is 11.4 Å². The third-order valence-electron chi connectivity index (χ3n) is 4.01. The number of hydrogen-bond donors (Lipinski definition) is 1. The van der Waals surface area contributed by atoms with Gasteiger partial charge in [-0.05, 0) is 31.6 Å². The lowest BCUT2D eigenvalue weighted by molar-refractivity contribution is -0.384. The highest BCUT2D eigenvalue weighted by Gasteiger charge is 2.20. The first-order chi connectivity index (χ1) is 9.61. The summed E-state index contributed by atoms with van der Waals surface area (Å²) in [7, 11) is 1.70. The molecule has 1 aromatic rings. The molecule has 110 valence electrons. The van der Waals surface area contributed by atoms with E-state index in [0.717, 1.165) is 24.3 Å². The summed E-state index contributed by atoms with van der Waals surface area (Å²) in [6.07, 6.45) is 4.88. The third-order valence-corrected chi connectivity index (χ3v) is 4.01. The molecule has 0 saturated heterocycles. The van der Waals surface area contributed by atoms with E-state index in [1.54, 1.807) is 13.1 Å². The molecule has 0 bridgehead atoms. The van der Waals surface area contributed by atoms with Crippen LogP contribution in [0.4, 0.5) is 11.4 Å². The molecule has 0 radical (unpaired) electrons. The van der Waals surface area contributed by atoms with Crippen LogP contribution < -0.4 is 5.32 Å². The van der Waals surface area contributed by atoms with E-state index in [9.17, 15) is 10.1 Å². The normalized spacial score (nSPS) is 22.5. The number of hydrogen-bond acceptors (Lipinski definition) is 4. The highest BCUT2D eigenvalue weighted by Crippen LogP contribution is 2.30. The summed E-state index contributed by atoms with van der Waals surface area (Å²) >= 11 is 0. The first-order valence-corrected chi connectivity index (χ1v) is 7.17. The molecule has 5 heteroatoms. The highest BCUT2D eigenvalue weighted by molar-refractivity contribution is 5.65. The molecule has 0 amide bonds. The molecular formula is C15H22N2O3. The zero-order chi connectivity index (χ0) is 14.5. The van der Waals surface area contributed by atoms with Gasteiger partial charge in [-0.2, -0.15) is 0 Å². The van der Waals surface area contributed by atoms with Gasteiger partial charge in [0.1, 0.15) is 5.69 Å². The fourth-order valence-corrected chi connectivity index (χ4v) is 2.75. The van der Waals surface area contributed by atoms with Crippen LogP contribution in [0.25, 0.3) is 0 Å². The van der Waals surface area contributed by atoms with E-state index in [0.29, 0.717) is 12.3 Å². The zero-order valence-corrected chi connectivity index (χ0v) is 12.1. The summed E-state index contributed by atoms with van der Waals surface area (Å²) in [4.78, 5) is 10.6. The van der Waals surface area contributed by atoms with Crippen LogP contribution in [0.15, 0.2) is 18.2 Å². The Bertz CT molecular complexity index is 468. The lowest BCUT2D eigenvalue weighted by Crippen LogP contribution is -2.20. The largest absolute Gasteiger partial charge is 0.382 e. The lowest BCUT2D eigenvalue weighted by atomic mass is 9.89. The van der Waals surface area contributed by atoms with Gasteiger partial charge in [0.2, 0.25) is 0 Å². The standard InChI is InChI=1S/C15H22N2O3/c1-11-6-8-13(9-7-11)20-10-12-4-3-5-14(17(18)19)15(12)16-2/h3-5,11,13,16H,6-10H2,1-2H3. The highest BCUT2D eigenvalue weighted by atomic mass is 16.6. The van der Waals surface area contributed by atoms with Crippen molar-refractivity contribution in [1.82, 2.24) is 0 Å². The average Bonchev–Trinajstić information content (AvgIpc) is 2.46. The summed E-state index contributed by atoms with van der Waals surface area (Å²) in [5, 5.41) is 13.9. The Morgan fingerprint density at radius 2 is 2.05 bits per heavy atom. The Balaban J connectivity index is 2.02. The van der Waals surface area contributed by atoms with E-state index in [1.807, 2.05) is 6.07 Å². The molecule has 0 unspecified atom stereocenters. The second kappa shape index (κ2) is 6.70. The van der Waals surface area contributed by atoms with Crippen LogP contribution in [0.5, 0.6) is 0 Å². The number of benzene rings is 1.